The number of hydrogen-bond acceptors (Lipinski definition) is 4. The maximum atomic E-state index is 12.3. The predicted molar refractivity (Wildman–Crippen MR) is 97.7 cm³/mol. The third-order valence-corrected chi connectivity index (χ3v) is 4.12. The second-order valence-electron chi connectivity index (χ2n) is 5.19. The first kappa shape index (κ1) is 17.2. The number of ether oxygens (including phenoxy) is 1. The van der Waals surface area contributed by atoms with Crippen LogP contribution in [-0.2, 0) is 0 Å². The van der Waals surface area contributed by atoms with Gasteiger partial charge in [-0.1, -0.05) is 23.2 Å². The maximum absolute atomic E-state index is 12.3. The highest BCUT2D eigenvalue weighted by Crippen LogP contribution is 2.26. The minimum Gasteiger partial charge on any atom is -0.424 e. The molecule has 0 radical (unpaired) electrons. The topological polar surface area (TPSA) is 64.1 Å². The molecule has 0 saturated heterocycles. The highest BCUT2D eigenvalue weighted by molar-refractivity contribution is 6.42. The summed E-state index contributed by atoms with van der Waals surface area (Å²) in [5.41, 5.74) is 1.92. The van der Waals surface area contributed by atoms with E-state index in [9.17, 15) is 4.79 Å². The van der Waals surface area contributed by atoms with Crippen molar-refractivity contribution in [3.8, 4) is 11.8 Å². The molecule has 0 atom stereocenters. The summed E-state index contributed by atoms with van der Waals surface area (Å²) in [6.07, 6.45) is 3.20. The van der Waals surface area contributed by atoms with Crippen molar-refractivity contribution in [1.82, 2.24) is 9.97 Å². The molecule has 3 aromatic rings. The first-order valence-electron chi connectivity index (χ1n) is 7.35. The molecule has 5 nitrogen and oxygen atoms in total. The molecule has 126 valence electrons. The molecule has 0 bridgehead atoms. The second kappa shape index (κ2) is 7.51. The number of carbonyl (C=O) groups excluding carboxylic acids is 1. The summed E-state index contributed by atoms with van der Waals surface area (Å²) in [6, 6.07) is 12.0. The fourth-order valence-electron chi connectivity index (χ4n) is 2.12. The van der Waals surface area contributed by atoms with Crippen molar-refractivity contribution >= 4 is 34.8 Å². The average molecular weight is 374 g/mol. The van der Waals surface area contributed by atoms with Crippen LogP contribution in [0.2, 0.25) is 10.0 Å². The van der Waals surface area contributed by atoms with Crippen LogP contribution < -0.4 is 10.1 Å². The van der Waals surface area contributed by atoms with Gasteiger partial charge in [-0.15, -0.1) is 0 Å². The molecule has 0 aliphatic heterocycles. The second-order valence-corrected chi connectivity index (χ2v) is 6.01. The standard InChI is InChI=1S/C18H13Cl2N3O2/c1-11-9-13(25-18-21-7-2-8-22-18)4-6-16(11)23-17(24)12-3-5-14(19)15(20)10-12/h2-10H,1H3,(H,23,24). The van der Waals surface area contributed by atoms with E-state index in [1.54, 1.807) is 48.8 Å². The van der Waals surface area contributed by atoms with E-state index in [1.165, 1.54) is 6.07 Å². The Bertz CT molecular complexity index is 917. The summed E-state index contributed by atoms with van der Waals surface area (Å²) >= 11 is 11.8. The number of aromatic nitrogens is 2. The van der Waals surface area contributed by atoms with Crippen LogP contribution in [0.3, 0.4) is 0 Å². The Labute approximate surface area is 154 Å². The number of nitrogens with one attached hydrogen (secondary N) is 1. The van der Waals surface area contributed by atoms with Crippen molar-refractivity contribution in [2.24, 2.45) is 0 Å². The van der Waals surface area contributed by atoms with Crippen LogP contribution in [0.1, 0.15) is 15.9 Å². The molecule has 1 N–H and O–H groups in total. The molecular weight excluding hydrogens is 361 g/mol. The minimum absolute atomic E-state index is 0.259. The monoisotopic (exact) mass is 373 g/mol. The van der Waals surface area contributed by atoms with Gasteiger partial charge in [-0.05, 0) is 55.0 Å². The number of hydrogen-bond donors (Lipinski definition) is 1. The Morgan fingerprint density at radius 2 is 1.80 bits per heavy atom. The largest absolute Gasteiger partial charge is 0.424 e. The maximum Gasteiger partial charge on any atom is 0.321 e. The molecule has 0 unspecified atom stereocenters. The van der Waals surface area contributed by atoms with Gasteiger partial charge in [-0.2, -0.15) is 0 Å². The van der Waals surface area contributed by atoms with Crippen molar-refractivity contribution in [3.63, 3.8) is 0 Å². The third-order valence-electron chi connectivity index (χ3n) is 3.38. The third kappa shape index (κ3) is 4.26. The molecule has 0 aliphatic carbocycles. The number of benzene rings is 2. The number of amides is 1. The summed E-state index contributed by atoms with van der Waals surface area (Å²) < 4.78 is 5.57. The quantitative estimate of drug-likeness (QED) is 0.687. The van der Waals surface area contributed by atoms with E-state index < -0.39 is 0 Å². The summed E-state index contributed by atoms with van der Waals surface area (Å²) in [5.74, 6) is 0.304. The first-order chi connectivity index (χ1) is 12.0. The Hall–Kier alpha value is -2.63. The van der Waals surface area contributed by atoms with Crippen molar-refractivity contribution in [1.29, 1.82) is 0 Å². The van der Waals surface area contributed by atoms with Gasteiger partial charge in [0.2, 0.25) is 0 Å². The zero-order chi connectivity index (χ0) is 17.8. The van der Waals surface area contributed by atoms with Gasteiger partial charge in [0.1, 0.15) is 5.75 Å². The zero-order valence-electron chi connectivity index (χ0n) is 13.2. The Balaban J connectivity index is 1.74. The van der Waals surface area contributed by atoms with Crippen LogP contribution in [0.4, 0.5) is 5.69 Å². The lowest BCUT2D eigenvalue weighted by Crippen LogP contribution is -2.12. The summed E-state index contributed by atoms with van der Waals surface area (Å²) in [5, 5.41) is 3.57. The zero-order valence-corrected chi connectivity index (χ0v) is 14.7. The number of rotatable bonds is 4. The molecule has 0 aliphatic rings. The summed E-state index contributed by atoms with van der Waals surface area (Å²) in [6.45, 7) is 1.86. The van der Waals surface area contributed by atoms with Crippen molar-refractivity contribution in [3.05, 3.63) is 76.0 Å². The van der Waals surface area contributed by atoms with Gasteiger partial charge in [-0.25, -0.2) is 9.97 Å². The van der Waals surface area contributed by atoms with Gasteiger partial charge in [0, 0.05) is 23.6 Å². The van der Waals surface area contributed by atoms with Crippen molar-refractivity contribution in [2.45, 2.75) is 6.92 Å². The van der Waals surface area contributed by atoms with Crippen LogP contribution in [0.25, 0.3) is 0 Å². The van der Waals surface area contributed by atoms with E-state index in [-0.39, 0.29) is 11.9 Å². The average Bonchev–Trinajstić information content (AvgIpc) is 2.60. The van der Waals surface area contributed by atoms with E-state index in [0.29, 0.717) is 27.0 Å². The van der Waals surface area contributed by atoms with Crippen LogP contribution in [0, 0.1) is 6.92 Å². The first-order valence-corrected chi connectivity index (χ1v) is 8.10. The lowest BCUT2D eigenvalue weighted by Gasteiger charge is -2.11. The number of halogens is 2. The van der Waals surface area contributed by atoms with E-state index in [4.69, 9.17) is 27.9 Å². The van der Waals surface area contributed by atoms with E-state index in [2.05, 4.69) is 15.3 Å². The van der Waals surface area contributed by atoms with Gasteiger partial charge >= 0.3 is 6.01 Å². The Kier molecular flexibility index (Phi) is 5.16. The molecule has 7 heteroatoms. The molecule has 2 aromatic carbocycles. The molecule has 1 aromatic heterocycles. The lowest BCUT2D eigenvalue weighted by molar-refractivity contribution is 0.102. The molecule has 0 saturated carbocycles. The van der Waals surface area contributed by atoms with Crippen LogP contribution in [-0.4, -0.2) is 15.9 Å². The molecular formula is C18H13Cl2N3O2. The minimum atomic E-state index is -0.276. The lowest BCUT2D eigenvalue weighted by atomic mass is 10.1. The van der Waals surface area contributed by atoms with Crippen molar-refractivity contribution in [2.75, 3.05) is 5.32 Å². The molecule has 3 rings (SSSR count). The number of nitrogens with zero attached hydrogens (tertiary/aromatic N) is 2. The van der Waals surface area contributed by atoms with Gasteiger partial charge in [0.15, 0.2) is 0 Å². The number of aryl methyl sites for hydroxylation is 1. The van der Waals surface area contributed by atoms with Gasteiger partial charge in [0.05, 0.1) is 10.0 Å². The Morgan fingerprint density at radius 1 is 1.04 bits per heavy atom. The molecule has 0 spiro atoms. The Morgan fingerprint density at radius 3 is 2.48 bits per heavy atom. The van der Waals surface area contributed by atoms with E-state index in [0.717, 1.165) is 5.56 Å². The molecule has 1 amide bonds. The van der Waals surface area contributed by atoms with Crippen LogP contribution >= 0.6 is 23.2 Å². The van der Waals surface area contributed by atoms with Gasteiger partial charge in [0.25, 0.3) is 5.91 Å². The summed E-state index contributed by atoms with van der Waals surface area (Å²) in [4.78, 5) is 20.3. The van der Waals surface area contributed by atoms with E-state index >= 15 is 0 Å². The molecule has 1 heterocycles. The molecule has 0 fully saturated rings. The highest BCUT2D eigenvalue weighted by Gasteiger charge is 2.11. The fraction of sp³-hybridized carbons (Fsp3) is 0.0556. The fourth-order valence-corrected chi connectivity index (χ4v) is 2.41. The predicted octanol–water partition coefficient (Wildman–Crippen LogP) is 5.14. The van der Waals surface area contributed by atoms with E-state index in [1.807, 2.05) is 6.92 Å². The van der Waals surface area contributed by atoms with Crippen LogP contribution in [0.5, 0.6) is 11.8 Å². The van der Waals surface area contributed by atoms with Gasteiger partial charge < -0.3 is 10.1 Å². The smallest absolute Gasteiger partial charge is 0.321 e. The summed E-state index contributed by atoms with van der Waals surface area (Å²) in [7, 11) is 0. The highest BCUT2D eigenvalue weighted by atomic mass is 35.5. The molecule has 25 heavy (non-hydrogen) atoms. The normalized spacial score (nSPS) is 10.4. The van der Waals surface area contributed by atoms with Crippen LogP contribution in [0.15, 0.2) is 54.9 Å². The van der Waals surface area contributed by atoms with Gasteiger partial charge in [-0.3, -0.25) is 4.79 Å². The number of anilines is 1. The van der Waals surface area contributed by atoms with Crippen molar-refractivity contribution < 1.29 is 9.53 Å². The SMILES string of the molecule is Cc1cc(Oc2ncccn2)ccc1NC(=O)c1ccc(Cl)c(Cl)c1. The number of carbonyl (C=O) groups is 1.